The Morgan fingerprint density at radius 1 is 0.739 bits per heavy atom. The summed E-state index contributed by atoms with van der Waals surface area (Å²) in [6, 6.07) is 0. The zero-order valence-electron chi connectivity index (χ0n) is 15.3. The minimum Gasteiger partial charge on any atom is -0.462 e. The van der Waals surface area contributed by atoms with E-state index in [1.807, 2.05) is 27.7 Å². The van der Waals surface area contributed by atoms with E-state index in [1.54, 1.807) is 13.8 Å². The Morgan fingerprint density at radius 3 is 1.30 bits per heavy atom. The molecule has 132 valence electrons. The molecule has 0 saturated carbocycles. The van der Waals surface area contributed by atoms with Crippen LogP contribution in [0.4, 0.5) is 0 Å². The van der Waals surface area contributed by atoms with Gasteiger partial charge in [0.25, 0.3) is 0 Å². The molecule has 0 aliphatic carbocycles. The second-order valence-corrected chi connectivity index (χ2v) is 7.53. The highest BCUT2D eigenvalue weighted by Crippen LogP contribution is 2.21. The van der Waals surface area contributed by atoms with Crippen LogP contribution in [0.15, 0.2) is 24.3 Å². The quantitative estimate of drug-likeness (QED) is 0.455. The summed E-state index contributed by atoms with van der Waals surface area (Å²) in [6.07, 6.45) is 0. The first-order valence-corrected chi connectivity index (χ1v) is 7.59. The lowest BCUT2D eigenvalue weighted by Gasteiger charge is -2.28. The SMILES string of the molecule is C=C(C)C(=O)OCC(C)(C)COCC(C)(C)COC(=O)C(=C)C. The molecule has 23 heavy (non-hydrogen) atoms. The molecule has 0 fully saturated rings. The van der Waals surface area contributed by atoms with Crippen LogP contribution in [-0.2, 0) is 23.8 Å². The first-order valence-electron chi connectivity index (χ1n) is 7.59. The molecule has 0 aliphatic rings. The molecule has 0 spiro atoms. The van der Waals surface area contributed by atoms with Crippen LogP contribution < -0.4 is 0 Å². The number of carbonyl (C=O) groups is 2. The first kappa shape index (κ1) is 21.4. The van der Waals surface area contributed by atoms with Crippen LogP contribution in [-0.4, -0.2) is 38.4 Å². The van der Waals surface area contributed by atoms with Crippen LogP contribution in [0, 0.1) is 10.8 Å². The second kappa shape index (κ2) is 8.87. The topological polar surface area (TPSA) is 61.8 Å². The Morgan fingerprint density at radius 2 is 1.04 bits per heavy atom. The number of rotatable bonds is 10. The maximum Gasteiger partial charge on any atom is 0.333 e. The standard InChI is InChI=1S/C18H30O5/c1-13(2)15(19)22-11-17(5,6)9-21-10-18(7,8)12-23-16(20)14(3)4/h1,3,9-12H2,2,4-8H3. The van der Waals surface area contributed by atoms with Gasteiger partial charge in [0.2, 0.25) is 0 Å². The third kappa shape index (κ3) is 9.89. The smallest absolute Gasteiger partial charge is 0.333 e. The van der Waals surface area contributed by atoms with E-state index in [9.17, 15) is 9.59 Å². The molecule has 0 aliphatic heterocycles. The van der Waals surface area contributed by atoms with Gasteiger partial charge in [-0.2, -0.15) is 0 Å². The maximum absolute atomic E-state index is 11.4. The Bertz CT molecular complexity index is 418. The van der Waals surface area contributed by atoms with E-state index in [-0.39, 0.29) is 24.0 Å². The van der Waals surface area contributed by atoms with Crippen molar-refractivity contribution in [3.63, 3.8) is 0 Å². The molecule has 0 rings (SSSR count). The molecule has 0 amide bonds. The van der Waals surface area contributed by atoms with E-state index in [1.165, 1.54) is 0 Å². The van der Waals surface area contributed by atoms with Crippen LogP contribution in [0.5, 0.6) is 0 Å². The predicted octanol–water partition coefficient (Wildman–Crippen LogP) is 3.29. The van der Waals surface area contributed by atoms with E-state index in [0.29, 0.717) is 24.4 Å². The van der Waals surface area contributed by atoms with Gasteiger partial charge in [-0.3, -0.25) is 0 Å². The molecule has 0 atom stereocenters. The molecule has 5 heteroatoms. The van der Waals surface area contributed by atoms with Gasteiger partial charge in [0, 0.05) is 22.0 Å². The Hall–Kier alpha value is -1.62. The minimum atomic E-state index is -0.398. The molecule has 0 unspecified atom stereocenters. The average Bonchev–Trinajstić information content (AvgIpc) is 2.41. The number of hydrogen-bond acceptors (Lipinski definition) is 5. The lowest BCUT2D eigenvalue weighted by molar-refractivity contribution is -0.144. The van der Waals surface area contributed by atoms with Gasteiger partial charge in [0.1, 0.15) is 0 Å². The van der Waals surface area contributed by atoms with Gasteiger partial charge in [-0.1, -0.05) is 40.9 Å². The summed E-state index contributed by atoms with van der Waals surface area (Å²) >= 11 is 0. The summed E-state index contributed by atoms with van der Waals surface area (Å²) in [7, 11) is 0. The van der Waals surface area contributed by atoms with Gasteiger partial charge in [0.15, 0.2) is 0 Å². The number of carbonyl (C=O) groups excluding carboxylic acids is 2. The Labute approximate surface area is 139 Å². The molecular weight excluding hydrogens is 296 g/mol. The third-order valence-corrected chi connectivity index (χ3v) is 2.87. The third-order valence-electron chi connectivity index (χ3n) is 2.87. The van der Waals surface area contributed by atoms with Crippen molar-refractivity contribution in [2.45, 2.75) is 41.5 Å². The summed E-state index contributed by atoms with van der Waals surface area (Å²) in [5.74, 6) is -0.796. The monoisotopic (exact) mass is 326 g/mol. The number of ether oxygens (including phenoxy) is 3. The van der Waals surface area contributed by atoms with Crippen molar-refractivity contribution in [2.75, 3.05) is 26.4 Å². The second-order valence-electron chi connectivity index (χ2n) is 7.53. The van der Waals surface area contributed by atoms with Gasteiger partial charge in [-0.25, -0.2) is 9.59 Å². The van der Waals surface area contributed by atoms with Crippen LogP contribution >= 0.6 is 0 Å². The highest BCUT2D eigenvalue weighted by Gasteiger charge is 2.25. The lowest BCUT2D eigenvalue weighted by atomic mass is 9.94. The highest BCUT2D eigenvalue weighted by molar-refractivity contribution is 5.87. The van der Waals surface area contributed by atoms with Gasteiger partial charge in [0.05, 0.1) is 26.4 Å². The molecule has 0 bridgehead atoms. The van der Waals surface area contributed by atoms with Crippen molar-refractivity contribution < 1.29 is 23.8 Å². The fourth-order valence-electron chi connectivity index (χ4n) is 1.46. The van der Waals surface area contributed by atoms with Crippen LogP contribution in [0.2, 0.25) is 0 Å². The molecule has 0 aromatic rings. The van der Waals surface area contributed by atoms with Crippen molar-refractivity contribution in [1.29, 1.82) is 0 Å². The largest absolute Gasteiger partial charge is 0.462 e. The minimum absolute atomic E-state index is 0.254. The van der Waals surface area contributed by atoms with E-state index in [0.717, 1.165) is 0 Å². The van der Waals surface area contributed by atoms with Gasteiger partial charge < -0.3 is 14.2 Å². The summed E-state index contributed by atoms with van der Waals surface area (Å²) in [6.45, 7) is 19.5. The van der Waals surface area contributed by atoms with Gasteiger partial charge >= 0.3 is 11.9 Å². The first-order chi connectivity index (χ1) is 10.4. The highest BCUT2D eigenvalue weighted by atomic mass is 16.5. The maximum atomic E-state index is 11.4. The molecule has 0 heterocycles. The molecule has 0 radical (unpaired) electrons. The molecular formula is C18H30O5. The van der Waals surface area contributed by atoms with Crippen molar-refractivity contribution in [2.24, 2.45) is 10.8 Å². The predicted molar refractivity (Wildman–Crippen MR) is 89.9 cm³/mol. The number of esters is 2. The van der Waals surface area contributed by atoms with Crippen molar-refractivity contribution in [3.05, 3.63) is 24.3 Å². The van der Waals surface area contributed by atoms with E-state index in [4.69, 9.17) is 14.2 Å². The van der Waals surface area contributed by atoms with Crippen LogP contribution in [0.25, 0.3) is 0 Å². The molecule has 0 N–H and O–H groups in total. The normalized spacial score (nSPS) is 11.7. The van der Waals surface area contributed by atoms with Gasteiger partial charge in [-0.15, -0.1) is 0 Å². The van der Waals surface area contributed by atoms with Crippen molar-refractivity contribution in [1.82, 2.24) is 0 Å². The van der Waals surface area contributed by atoms with Crippen LogP contribution in [0.1, 0.15) is 41.5 Å². The number of hydrogen-bond donors (Lipinski definition) is 0. The summed E-state index contributed by atoms with van der Waals surface area (Å²) in [5, 5.41) is 0. The van der Waals surface area contributed by atoms with Crippen molar-refractivity contribution in [3.8, 4) is 0 Å². The summed E-state index contributed by atoms with van der Waals surface area (Å²) in [4.78, 5) is 22.8. The summed E-state index contributed by atoms with van der Waals surface area (Å²) < 4.78 is 16.0. The molecule has 0 aromatic carbocycles. The van der Waals surface area contributed by atoms with Crippen molar-refractivity contribution >= 4 is 11.9 Å². The molecule has 5 nitrogen and oxygen atoms in total. The fraction of sp³-hybridized carbons (Fsp3) is 0.667. The van der Waals surface area contributed by atoms with E-state index >= 15 is 0 Å². The zero-order valence-corrected chi connectivity index (χ0v) is 15.3. The van der Waals surface area contributed by atoms with E-state index < -0.39 is 11.9 Å². The Balaban J connectivity index is 4.19. The fourth-order valence-corrected chi connectivity index (χ4v) is 1.46. The Kier molecular flexibility index (Phi) is 8.24. The van der Waals surface area contributed by atoms with Crippen LogP contribution in [0.3, 0.4) is 0 Å². The molecule has 0 aromatic heterocycles. The lowest BCUT2D eigenvalue weighted by Crippen LogP contribution is -2.32. The summed E-state index contributed by atoms with van der Waals surface area (Å²) in [5.41, 5.74) is 0.134. The van der Waals surface area contributed by atoms with Gasteiger partial charge in [-0.05, 0) is 13.8 Å². The zero-order chi connectivity index (χ0) is 18.3. The average molecular weight is 326 g/mol. The molecule has 0 saturated heterocycles. The van der Waals surface area contributed by atoms with E-state index in [2.05, 4.69) is 13.2 Å².